The molecular weight excluding hydrogens is 301 g/mol. The van der Waals surface area contributed by atoms with E-state index < -0.39 is 27.9 Å². The first-order chi connectivity index (χ1) is 9.82. The number of benzene rings is 1. The maximum Gasteiger partial charge on any atom is 0.305 e. The van der Waals surface area contributed by atoms with Gasteiger partial charge in [0.15, 0.2) is 0 Å². The van der Waals surface area contributed by atoms with Crippen LogP contribution in [0.5, 0.6) is 0 Å². The molecule has 2 rings (SSSR count). The van der Waals surface area contributed by atoms with Gasteiger partial charge in [0.2, 0.25) is 10.0 Å². The Hall–Kier alpha value is -1.51. The highest BCUT2D eigenvalue weighted by molar-refractivity contribution is 7.89. The summed E-state index contributed by atoms with van der Waals surface area (Å²) in [5.41, 5.74) is 0.345. The molecule has 1 unspecified atom stereocenters. The molecule has 0 aromatic heterocycles. The van der Waals surface area contributed by atoms with Crippen LogP contribution in [0.1, 0.15) is 12.0 Å². The van der Waals surface area contributed by atoms with Gasteiger partial charge in [-0.05, 0) is 24.6 Å². The number of ether oxygens (including phenoxy) is 1. The van der Waals surface area contributed by atoms with Gasteiger partial charge >= 0.3 is 5.97 Å². The van der Waals surface area contributed by atoms with Crippen molar-refractivity contribution >= 4 is 16.0 Å². The van der Waals surface area contributed by atoms with Gasteiger partial charge in [0.25, 0.3) is 0 Å². The molecule has 1 aliphatic rings. The first-order valence-electron chi connectivity index (χ1n) is 6.40. The Kier molecular flexibility index (Phi) is 4.60. The zero-order valence-corrected chi connectivity index (χ0v) is 12.3. The summed E-state index contributed by atoms with van der Waals surface area (Å²) in [7, 11) is -3.95. The van der Waals surface area contributed by atoms with E-state index >= 15 is 0 Å². The van der Waals surface area contributed by atoms with Crippen molar-refractivity contribution < 1.29 is 27.4 Å². The monoisotopic (exact) mass is 317 g/mol. The summed E-state index contributed by atoms with van der Waals surface area (Å²) in [5, 5.41) is 8.86. The summed E-state index contributed by atoms with van der Waals surface area (Å²) in [6.45, 7) is 1.78. The van der Waals surface area contributed by atoms with E-state index in [-0.39, 0.29) is 31.1 Å². The molecule has 6 nitrogen and oxygen atoms in total. The third-order valence-corrected chi connectivity index (χ3v) is 5.28. The summed E-state index contributed by atoms with van der Waals surface area (Å²) in [4.78, 5) is 10.7. The van der Waals surface area contributed by atoms with E-state index in [4.69, 9.17) is 9.84 Å². The molecule has 1 aromatic rings. The zero-order valence-electron chi connectivity index (χ0n) is 11.5. The van der Waals surface area contributed by atoms with Crippen LogP contribution < -0.4 is 0 Å². The van der Waals surface area contributed by atoms with Crippen LogP contribution >= 0.6 is 0 Å². The Labute approximate surface area is 122 Å². The smallest absolute Gasteiger partial charge is 0.305 e. The van der Waals surface area contributed by atoms with E-state index in [1.54, 1.807) is 0 Å². The molecule has 1 N–H and O–H groups in total. The lowest BCUT2D eigenvalue weighted by Crippen LogP contribution is -2.49. The molecule has 1 aromatic carbocycles. The van der Waals surface area contributed by atoms with Gasteiger partial charge < -0.3 is 9.84 Å². The van der Waals surface area contributed by atoms with Crippen LogP contribution in [0.2, 0.25) is 0 Å². The van der Waals surface area contributed by atoms with Crippen molar-refractivity contribution in [3.63, 3.8) is 0 Å². The number of sulfonamides is 1. The number of aliphatic carboxylic acids is 1. The second-order valence-corrected chi connectivity index (χ2v) is 6.74. The molecule has 116 valence electrons. The van der Waals surface area contributed by atoms with E-state index in [1.165, 1.54) is 19.1 Å². The summed E-state index contributed by atoms with van der Waals surface area (Å²) in [6, 6.07) is 2.87. The van der Waals surface area contributed by atoms with E-state index in [2.05, 4.69) is 0 Å². The van der Waals surface area contributed by atoms with Gasteiger partial charge in [0.1, 0.15) is 5.82 Å². The number of carbonyl (C=O) groups is 1. The van der Waals surface area contributed by atoms with Crippen molar-refractivity contribution in [2.24, 2.45) is 0 Å². The number of carboxylic acid groups (broad SMARTS) is 1. The Bertz CT molecular complexity index is 646. The molecule has 1 fully saturated rings. The van der Waals surface area contributed by atoms with Crippen LogP contribution in [0.25, 0.3) is 0 Å². The second kappa shape index (κ2) is 6.08. The number of aryl methyl sites for hydroxylation is 1. The third kappa shape index (κ3) is 3.39. The molecule has 0 amide bonds. The fourth-order valence-electron chi connectivity index (χ4n) is 2.19. The molecular formula is C13H16FNO5S. The quantitative estimate of drug-likeness (QED) is 0.895. The molecule has 0 saturated carbocycles. The highest BCUT2D eigenvalue weighted by Gasteiger charge is 2.35. The summed E-state index contributed by atoms with van der Waals surface area (Å²) < 4.78 is 44.9. The lowest BCUT2D eigenvalue weighted by Gasteiger charge is -2.33. The van der Waals surface area contributed by atoms with Gasteiger partial charge in [0.05, 0.1) is 30.6 Å². The van der Waals surface area contributed by atoms with Crippen molar-refractivity contribution in [1.82, 2.24) is 4.31 Å². The first-order valence-corrected chi connectivity index (χ1v) is 7.84. The Morgan fingerprint density at radius 1 is 1.52 bits per heavy atom. The largest absolute Gasteiger partial charge is 0.481 e. The Morgan fingerprint density at radius 3 is 2.86 bits per heavy atom. The minimum atomic E-state index is -3.95. The Morgan fingerprint density at radius 2 is 2.24 bits per heavy atom. The number of hydrogen-bond acceptors (Lipinski definition) is 4. The van der Waals surface area contributed by atoms with E-state index in [0.29, 0.717) is 5.56 Å². The van der Waals surface area contributed by atoms with E-state index in [9.17, 15) is 17.6 Å². The van der Waals surface area contributed by atoms with Gasteiger partial charge in [-0.1, -0.05) is 6.07 Å². The van der Waals surface area contributed by atoms with Gasteiger partial charge in [-0.2, -0.15) is 4.31 Å². The van der Waals surface area contributed by atoms with Crippen molar-refractivity contribution in [2.45, 2.75) is 24.3 Å². The lowest BCUT2D eigenvalue weighted by molar-refractivity contribution is -0.139. The second-order valence-electron chi connectivity index (χ2n) is 4.85. The van der Waals surface area contributed by atoms with Crippen LogP contribution in [-0.4, -0.2) is 49.6 Å². The van der Waals surface area contributed by atoms with Crippen LogP contribution in [0.4, 0.5) is 4.39 Å². The fourth-order valence-corrected chi connectivity index (χ4v) is 3.79. The summed E-state index contributed by atoms with van der Waals surface area (Å²) in [6.07, 6.45) is -0.354. The number of halogens is 1. The van der Waals surface area contributed by atoms with Crippen LogP contribution in [0, 0.1) is 12.7 Å². The molecule has 21 heavy (non-hydrogen) atoms. The highest BCUT2D eigenvalue weighted by Crippen LogP contribution is 2.23. The molecule has 1 heterocycles. The minimum absolute atomic E-state index is 0.0138. The average Bonchev–Trinajstić information content (AvgIpc) is 2.41. The van der Waals surface area contributed by atoms with Crippen molar-refractivity contribution in [3.8, 4) is 0 Å². The van der Waals surface area contributed by atoms with Gasteiger partial charge in [-0.15, -0.1) is 0 Å². The van der Waals surface area contributed by atoms with Crippen LogP contribution in [0.3, 0.4) is 0 Å². The molecule has 0 aliphatic carbocycles. The lowest BCUT2D eigenvalue weighted by atomic mass is 10.2. The zero-order chi connectivity index (χ0) is 15.6. The maximum atomic E-state index is 13.6. The predicted molar refractivity (Wildman–Crippen MR) is 71.9 cm³/mol. The topological polar surface area (TPSA) is 83.9 Å². The summed E-state index contributed by atoms with van der Waals surface area (Å²) >= 11 is 0. The molecule has 8 heteroatoms. The highest BCUT2D eigenvalue weighted by atomic mass is 32.2. The number of morpholine rings is 1. The van der Waals surface area contributed by atoms with Crippen LogP contribution in [0.15, 0.2) is 23.1 Å². The van der Waals surface area contributed by atoms with Crippen molar-refractivity contribution in [3.05, 3.63) is 29.6 Å². The minimum Gasteiger partial charge on any atom is -0.481 e. The fraction of sp³-hybridized carbons (Fsp3) is 0.462. The van der Waals surface area contributed by atoms with Gasteiger partial charge in [0, 0.05) is 6.54 Å². The standard InChI is InChI=1S/C13H16FNO5S/c1-9-2-3-11(7-12(9)14)21(18,19)15-4-5-20-8-10(15)6-13(16)17/h2-3,7,10H,4-6,8H2,1H3,(H,16,17). The van der Waals surface area contributed by atoms with Gasteiger partial charge in [-0.3, -0.25) is 4.79 Å². The first kappa shape index (κ1) is 15.9. The summed E-state index contributed by atoms with van der Waals surface area (Å²) in [5.74, 6) is -1.72. The van der Waals surface area contributed by atoms with Crippen molar-refractivity contribution in [2.75, 3.05) is 19.8 Å². The molecule has 0 bridgehead atoms. The normalized spacial score (nSPS) is 20.4. The SMILES string of the molecule is Cc1ccc(S(=O)(=O)N2CCOCC2CC(=O)O)cc1F. The Balaban J connectivity index is 2.35. The van der Waals surface area contributed by atoms with Crippen LogP contribution in [-0.2, 0) is 19.6 Å². The maximum absolute atomic E-state index is 13.6. The number of carboxylic acids is 1. The third-order valence-electron chi connectivity index (χ3n) is 3.33. The number of nitrogens with zero attached hydrogens (tertiary/aromatic N) is 1. The van der Waals surface area contributed by atoms with E-state index in [1.807, 2.05) is 0 Å². The van der Waals surface area contributed by atoms with Crippen molar-refractivity contribution in [1.29, 1.82) is 0 Å². The molecule has 1 saturated heterocycles. The van der Waals surface area contributed by atoms with E-state index in [0.717, 1.165) is 10.4 Å². The molecule has 1 aliphatic heterocycles. The number of hydrogen-bond donors (Lipinski definition) is 1. The molecule has 1 atom stereocenters. The predicted octanol–water partition coefficient (Wildman–Crippen LogP) is 0.998. The number of rotatable bonds is 4. The molecule has 0 radical (unpaired) electrons. The molecule has 0 spiro atoms. The van der Waals surface area contributed by atoms with Gasteiger partial charge in [-0.25, -0.2) is 12.8 Å². The average molecular weight is 317 g/mol.